The minimum Gasteiger partial charge on any atom is -0.394 e. The van der Waals surface area contributed by atoms with Crippen molar-refractivity contribution in [1.82, 2.24) is 9.47 Å². The van der Waals surface area contributed by atoms with Crippen molar-refractivity contribution in [3.63, 3.8) is 0 Å². The lowest BCUT2D eigenvalue weighted by molar-refractivity contribution is -0.384. The summed E-state index contributed by atoms with van der Waals surface area (Å²) in [5, 5.41) is 20.3. The number of aliphatic hydroxyl groups excluding tert-OH is 1. The van der Waals surface area contributed by atoms with E-state index in [0.717, 1.165) is 25.7 Å². The van der Waals surface area contributed by atoms with Crippen LogP contribution in [0.4, 0.5) is 5.69 Å². The standard InChI is InChI=1S/C14H21N3O4/c1-2-6-15-9-12(17(20)21)8-13(15)14(19)16-7-4-3-5-11(16)10-18/h8-9,11,18H,2-7,10H2,1H3. The first kappa shape index (κ1) is 15.5. The van der Waals surface area contributed by atoms with Gasteiger partial charge in [0.25, 0.3) is 11.6 Å². The second-order valence-electron chi connectivity index (χ2n) is 5.36. The van der Waals surface area contributed by atoms with Crippen LogP contribution in [0.25, 0.3) is 0 Å². The zero-order valence-corrected chi connectivity index (χ0v) is 12.2. The van der Waals surface area contributed by atoms with Gasteiger partial charge < -0.3 is 14.6 Å². The Morgan fingerprint density at radius 1 is 1.52 bits per heavy atom. The van der Waals surface area contributed by atoms with Crippen LogP contribution >= 0.6 is 0 Å². The van der Waals surface area contributed by atoms with Gasteiger partial charge in [-0.15, -0.1) is 0 Å². The van der Waals surface area contributed by atoms with Crippen LogP contribution in [-0.4, -0.2) is 44.6 Å². The van der Waals surface area contributed by atoms with Crippen LogP contribution in [-0.2, 0) is 6.54 Å². The van der Waals surface area contributed by atoms with E-state index < -0.39 is 4.92 Å². The average Bonchev–Trinajstić information content (AvgIpc) is 2.91. The van der Waals surface area contributed by atoms with Gasteiger partial charge in [-0.25, -0.2) is 0 Å². The molecular weight excluding hydrogens is 274 g/mol. The number of hydrogen-bond acceptors (Lipinski definition) is 4. The minimum absolute atomic E-state index is 0.0654. The Balaban J connectivity index is 2.30. The van der Waals surface area contributed by atoms with Gasteiger partial charge in [-0.3, -0.25) is 14.9 Å². The average molecular weight is 295 g/mol. The third-order valence-corrected chi connectivity index (χ3v) is 3.88. The topological polar surface area (TPSA) is 88.6 Å². The van der Waals surface area contributed by atoms with Crippen LogP contribution in [0.3, 0.4) is 0 Å². The van der Waals surface area contributed by atoms with Crippen molar-refractivity contribution in [3.8, 4) is 0 Å². The van der Waals surface area contributed by atoms with E-state index in [1.165, 1.54) is 12.3 Å². The van der Waals surface area contributed by atoms with Gasteiger partial charge in [0.2, 0.25) is 0 Å². The minimum atomic E-state index is -0.483. The van der Waals surface area contributed by atoms with Crippen molar-refractivity contribution in [2.45, 2.75) is 45.2 Å². The number of piperidine rings is 1. The fourth-order valence-corrected chi connectivity index (χ4v) is 2.80. The molecule has 1 aromatic heterocycles. The number of carbonyl (C=O) groups excluding carboxylic acids is 1. The summed E-state index contributed by atoms with van der Waals surface area (Å²) >= 11 is 0. The molecule has 1 atom stereocenters. The van der Waals surface area contributed by atoms with Crippen molar-refractivity contribution in [2.75, 3.05) is 13.2 Å². The third kappa shape index (κ3) is 3.24. The molecule has 2 heterocycles. The molecule has 0 saturated carbocycles. The Morgan fingerprint density at radius 2 is 2.29 bits per heavy atom. The Morgan fingerprint density at radius 3 is 2.90 bits per heavy atom. The molecule has 7 heteroatoms. The molecule has 0 spiro atoms. The Kier molecular flexibility index (Phi) is 4.95. The van der Waals surface area contributed by atoms with E-state index in [9.17, 15) is 20.0 Å². The highest BCUT2D eigenvalue weighted by molar-refractivity contribution is 5.94. The van der Waals surface area contributed by atoms with Crippen LogP contribution in [0, 0.1) is 10.1 Å². The molecular formula is C14H21N3O4. The van der Waals surface area contributed by atoms with Crippen molar-refractivity contribution in [1.29, 1.82) is 0 Å². The maximum absolute atomic E-state index is 12.7. The first-order valence-corrected chi connectivity index (χ1v) is 7.34. The fourth-order valence-electron chi connectivity index (χ4n) is 2.80. The van der Waals surface area contributed by atoms with Gasteiger partial charge in [-0.2, -0.15) is 0 Å². The molecule has 116 valence electrons. The number of rotatable bonds is 5. The maximum atomic E-state index is 12.7. The van der Waals surface area contributed by atoms with E-state index in [0.29, 0.717) is 18.8 Å². The van der Waals surface area contributed by atoms with Crippen molar-refractivity contribution in [3.05, 3.63) is 28.1 Å². The van der Waals surface area contributed by atoms with Gasteiger partial charge in [0.05, 0.1) is 23.8 Å². The largest absolute Gasteiger partial charge is 0.394 e. The molecule has 1 amide bonds. The van der Waals surface area contributed by atoms with E-state index in [1.807, 2.05) is 6.92 Å². The first-order chi connectivity index (χ1) is 10.1. The number of nitrogens with zero attached hydrogens (tertiary/aromatic N) is 3. The second kappa shape index (κ2) is 6.71. The van der Waals surface area contributed by atoms with Crippen LogP contribution in [0.1, 0.15) is 43.1 Å². The lowest BCUT2D eigenvalue weighted by Gasteiger charge is -2.34. The molecule has 1 aliphatic rings. The van der Waals surface area contributed by atoms with Crippen molar-refractivity contribution >= 4 is 11.6 Å². The van der Waals surface area contributed by atoms with E-state index >= 15 is 0 Å². The summed E-state index contributed by atoms with van der Waals surface area (Å²) in [5.41, 5.74) is 0.272. The van der Waals surface area contributed by atoms with Crippen LogP contribution < -0.4 is 0 Å². The molecule has 0 aliphatic carbocycles. The predicted molar refractivity (Wildman–Crippen MR) is 77.1 cm³/mol. The Bertz CT molecular complexity index is 526. The molecule has 1 unspecified atom stereocenters. The molecule has 1 saturated heterocycles. The number of aryl methyl sites for hydroxylation is 1. The van der Waals surface area contributed by atoms with Gasteiger partial charge in [0, 0.05) is 19.2 Å². The fraction of sp³-hybridized carbons (Fsp3) is 0.643. The van der Waals surface area contributed by atoms with E-state index in [2.05, 4.69) is 0 Å². The normalized spacial score (nSPS) is 18.8. The highest BCUT2D eigenvalue weighted by Crippen LogP contribution is 2.23. The lowest BCUT2D eigenvalue weighted by atomic mass is 10.0. The highest BCUT2D eigenvalue weighted by atomic mass is 16.6. The number of aliphatic hydroxyl groups is 1. The SMILES string of the molecule is CCCn1cc([N+](=O)[O-])cc1C(=O)N1CCCCC1CO. The third-order valence-electron chi connectivity index (χ3n) is 3.88. The maximum Gasteiger partial charge on any atom is 0.287 e. The smallest absolute Gasteiger partial charge is 0.287 e. The van der Waals surface area contributed by atoms with Crippen molar-refractivity contribution in [2.24, 2.45) is 0 Å². The number of carbonyl (C=O) groups is 1. The molecule has 21 heavy (non-hydrogen) atoms. The Hall–Kier alpha value is -1.89. The zero-order valence-electron chi connectivity index (χ0n) is 12.2. The van der Waals surface area contributed by atoms with E-state index in [-0.39, 0.29) is 24.2 Å². The first-order valence-electron chi connectivity index (χ1n) is 7.34. The van der Waals surface area contributed by atoms with Crippen LogP contribution in [0.15, 0.2) is 12.3 Å². The number of likely N-dealkylation sites (tertiary alicyclic amines) is 1. The summed E-state index contributed by atoms with van der Waals surface area (Å²) in [6, 6.07) is 1.15. The number of aromatic nitrogens is 1. The predicted octanol–water partition coefficient (Wildman–Crippen LogP) is 1.79. The number of amides is 1. The van der Waals surface area contributed by atoms with Crippen LogP contribution in [0.5, 0.6) is 0 Å². The molecule has 1 aromatic rings. The summed E-state index contributed by atoms with van der Waals surface area (Å²) in [6.45, 7) is 3.04. The molecule has 0 radical (unpaired) electrons. The molecule has 7 nitrogen and oxygen atoms in total. The summed E-state index contributed by atoms with van der Waals surface area (Å²) in [6.07, 6.45) is 4.87. The quantitative estimate of drug-likeness (QED) is 0.662. The summed E-state index contributed by atoms with van der Waals surface area (Å²) in [7, 11) is 0. The Labute approximate surface area is 123 Å². The van der Waals surface area contributed by atoms with Gasteiger partial charge in [-0.05, 0) is 25.7 Å². The second-order valence-corrected chi connectivity index (χ2v) is 5.36. The van der Waals surface area contributed by atoms with Crippen molar-refractivity contribution < 1.29 is 14.8 Å². The van der Waals surface area contributed by atoms with Gasteiger partial charge >= 0.3 is 0 Å². The lowest BCUT2D eigenvalue weighted by Crippen LogP contribution is -2.46. The van der Waals surface area contributed by atoms with E-state index in [4.69, 9.17) is 0 Å². The molecule has 2 rings (SSSR count). The molecule has 1 N–H and O–H groups in total. The highest BCUT2D eigenvalue weighted by Gasteiger charge is 2.30. The monoisotopic (exact) mass is 295 g/mol. The summed E-state index contributed by atoms with van der Waals surface area (Å²) < 4.78 is 1.64. The van der Waals surface area contributed by atoms with Gasteiger partial charge in [-0.1, -0.05) is 6.92 Å². The zero-order chi connectivity index (χ0) is 15.4. The summed E-state index contributed by atoms with van der Waals surface area (Å²) in [4.78, 5) is 24.8. The molecule has 1 aliphatic heterocycles. The van der Waals surface area contributed by atoms with Crippen LogP contribution in [0.2, 0.25) is 0 Å². The van der Waals surface area contributed by atoms with E-state index in [1.54, 1.807) is 9.47 Å². The number of nitro groups is 1. The van der Waals surface area contributed by atoms with Gasteiger partial charge in [0.1, 0.15) is 5.69 Å². The van der Waals surface area contributed by atoms with Gasteiger partial charge in [0.15, 0.2) is 0 Å². The molecule has 1 fully saturated rings. The summed E-state index contributed by atoms with van der Waals surface area (Å²) in [5.74, 6) is -0.227. The number of hydrogen-bond donors (Lipinski definition) is 1. The molecule has 0 bridgehead atoms. The molecule has 0 aromatic carbocycles.